The van der Waals surface area contributed by atoms with Gasteiger partial charge in [0.1, 0.15) is 5.82 Å². The maximum Gasteiger partial charge on any atom is 0.107 e. The van der Waals surface area contributed by atoms with Gasteiger partial charge in [0.15, 0.2) is 0 Å². The quantitative estimate of drug-likeness (QED) is 0.880. The van der Waals surface area contributed by atoms with Crippen molar-refractivity contribution < 1.29 is 0 Å². The summed E-state index contributed by atoms with van der Waals surface area (Å²) in [5.74, 6) is 4.07. The molecule has 0 aliphatic heterocycles. The van der Waals surface area contributed by atoms with Crippen LogP contribution in [-0.4, -0.2) is 9.97 Å². The van der Waals surface area contributed by atoms with Crippen molar-refractivity contribution in [2.75, 3.05) is 0 Å². The van der Waals surface area contributed by atoms with Crippen LogP contribution in [0.3, 0.4) is 0 Å². The van der Waals surface area contributed by atoms with Crippen LogP contribution in [-0.2, 0) is 6.42 Å². The molecule has 94 valence electrons. The lowest BCUT2D eigenvalue weighted by Gasteiger charge is -2.20. The highest BCUT2D eigenvalue weighted by molar-refractivity contribution is 9.10. The van der Waals surface area contributed by atoms with Crippen LogP contribution < -0.4 is 0 Å². The van der Waals surface area contributed by atoms with Crippen LogP contribution in [0.15, 0.2) is 22.7 Å². The highest BCUT2D eigenvalue weighted by Crippen LogP contribution is 2.49. The van der Waals surface area contributed by atoms with E-state index in [1.54, 1.807) is 0 Å². The van der Waals surface area contributed by atoms with E-state index in [0.717, 1.165) is 39.7 Å². The molecule has 4 rings (SSSR count). The average molecular weight is 305 g/mol. The molecule has 0 saturated heterocycles. The zero-order chi connectivity index (χ0) is 12.1. The Morgan fingerprint density at radius 2 is 2.22 bits per heavy atom. The minimum atomic E-state index is 0.882. The lowest BCUT2D eigenvalue weighted by molar-refractivity contribution is 0.327. The minimum Gasteiger partial charge on any atom is -0.342 e. The van der Waals surface area contributed by atoms with Gasteiger partial charge in [0.05, 0.1) is 11.0 Å². The van der Waals surface area contributed by atoms with E-state index in [-0.39, 0.29) is 0 Å². The molecular weight excluding hydrogens is 288 g/mol. The molecule has 3 atom stereocenters. The van der Waals surface area contributed by atoms with Crippen molar-refractivity contribution in [3.05, 3.63) is 28.5 Å². The second kappa shape index (κ2) is 4.09. The average Bonchev–Trinajstić information content (AvgIpc) is 3.02. The van der Waals surface area contributed by atoms with Crippen LogP contribution in [0.25, 0.3) is 11.0 Å². The van der Waals surface area contributed by atoms with Crippen molar-refractivity contribution >= 4 is 27.0 Å². The smallest absolute Gasteiger partial charge is 0.107 e. The third kappa shape index (κ3) is 1.80. The first kappa shape index (κ1) is 11.0. The third-order valence-electron chi connectivity index (χ3n) is 4.83. The SMILES string of the molecule is Brc1ccc2nc(CC3CC4CCC3C4)[nH]c2c1. The first-order valence-electron chi connectivity index (χ1n) is 6.92. The summed E-state index contributed by atoms with van der Waals surface area (Å²) in [6, 6.07) is 6.26. The molecule has 2 saturated carbocycles. The fourth-order valence-corrected chi connectivity index (χ4v) is 4.37. The number of nitrogens with one attached hydrogen (secondary N) is 1. The summed E-state index contributed by atoms with van der Waals surface area (Å²) in [5, 5.41) is 0. The van der Waals surface area contributed by atoms with E-state index < -0.39 is 0 Å². The largest absolute Gasteiger partial charge is 0.342 e. The van der Waals surface area contributed by atoms with E-state index in [1.165, 1.54) is 31.5 Å². The molecule has 1 aromatic heterocycles. The van der Waals surface area contributed by atoms with Crippen LogP contribution in [0, 0.1) is 17.8 Å². The highest BCUT2D eigenvalue weighted by atomic mass is 79.9. The first-order valence-corrected chi connectivity index (χ1v) is 7.71. The van der Waals surface area contributed by atoms with Gasteiger partial charge in [-0.1, -0.05) is 22.4 Å². The number of hydrogen-bond donors (Lipinski definition) is 1. The van der Waals surface area contributed by atoms with Gasteiger partial charge < -0.3 is 4.98 Å². The predicted octanol–water partition coefficient (Wildman–Crippen LogP) is 4.30. The Balaban J connectivity index is 1.59. The van der Waals surface area contributed by atoms with Gasteiger partial charge in [-0.15, -0.1) is 0 Å². The first-order chi connectivity index (χ1) is 8.78. The van der Waals surface area contributed by atoms with Gasteiger partial charge in [0.25, 0.3) is 0 Å². The van der Waals surface area contributed by atoms with Crippen LogP contribution in [0.1, 0.15) is 31.5 Å². The predicted molar refractivity (Wildman–Crippen MR) is 76.4 cm³/mol. The summed E-state index contributed by atoms with van der Waals surface area (Å²) in [7, 11) is 0. The van der Waals surface area contributed by atoms with E-state index in [9.17, 15) is 0 Å². The molecule has 3 heteroatoms. The maximum absolute atomic E-state index is 4.72. The van der Waals surface area contributed by atoms with Gasteiger partial charge in [-0.3, -0.25) is 0 Å². The minimum absolute atomic E-state index is 0.882. The number of fused-ring (bicyclic) bond motifs is 3. The van der Waals surface area contributed by atoms with Crippen molar-refractivity contribution in [2.24, 2.45) is 17.8 Å². The monoisotopic (exact) mass is 304 g/mol. The Hall–Kier alpha value is -0.830. The third-order valence-corrected chi connectivity index (χ3v) is 5.33. The van der Waals surface area contributed by atoms with E-state index in [1.807, 2.05) is 0 Å². The molecule has 0 amide bonds. The number of rotatable bonds is 2. The molecular formula is C15H17BrN2. The van der Waals surface area contributed by atoms with Crippen molar-refractivity contribution in [1.29, 1.82) is 0 Å². The topological polar surface area (TPSA) is 28.7 Å². The molecule has 2 nitrogen and oxygen atoms in total. The molecule has 2 bridgehead atoms. The van der Waals surface area contributed by atoms with Crippen molar-refractivity contribution in [1.82, 2.24) is 9.97 Å². The number of halogens is 1. The normalized spacial score (nSPS) is 30.4. The van der Waals surface area contributed by atoms with E-state index >= 15 is 0 Å². The van der Waals surface area contributed by atoms with Gasteiger partial charge in [-0.2, -0.15) is 0 Å². The van der Waals surface area contributed by atoms with Crippen molar-refractivity contribution in [2.45, 2.75) is 32.1 Å². The van der Waals surface area contributed by atoms with Crippen LogP contribution in [0.5, 0.6) is 0 Å². The zero-order valence-corrected chi connectivity index (χ0v) is 11.9. The Labute approximate surface area is 115 Å². The van der Waals surface area contributed by atoms with Gasteiger partial charge in [0.2, 0.25) is 0 Å². The molecule has 2 aliphatic carbocycles. The lowest BCUT2D eigenvalue weighted by Crippen LogP contribution is -2.13. The summed E-state index contributed by atoms with van der Waals surface area (Å²) in [4.78, 5) is 8.21. The Morgan fingerprint density at radius 1 is 1.28 bits per heavy atom. The van der Waals surface area contributed by atoms with Crippen LogP contribution in [0.4, 0.5) is 0 Å². The number of aromatic amines is 1. The van der Waals surface area contributed by atoms with Gasteiger partial charge in [-0.05, 0) is 55.2 Å². The fourth-order valence-electron chi connectivity index (χ4n) is 4.01. The molecule has 1 aromatic carbocycles. The Morgan fingerprint density at radius 3 is 3.00 bits per heavy atom. The Bertz CT molecular complexity index is 589. The number of imidazole rings is 1. The molecule has 1 heterocycles. The number of benzene rings is 1. The highest BCUT2D eigenvalue weighted by Gasteiger charge is 2.39. The van der Waals surface area contributed by atoms with E-state index in [2.05, 4.69) is 39.1 Å². The van der Waals surface area contributed by atoms with Crippen LogP contribution in [0.2, 0.25) is 0 Å². The molecule has 1 N–H and O–H groups in total. The molecule has 18 heavy (non-hydrogen) atoms. The Kier molecular flexibility index (Phi) is 2.51. The van der Waals surface area contributed by atoms with E-state index in [4.69, 9.17) is 4.98 Å². The zero-order valence-electron chi connectivity index (χ0n) is 10.3. The molecule has 0 radical (unpaired) electrons. The molecule has 3 unspecified atom stereocenters. The standard InChI is InChI=1S/C15H17BrN2/c16-12-3-4-13-14(8-12)18-15(17-13)7-11-6-9-1-2-10(11)5-9/h3-4,8-11H,1-2,5-7H2,(H,17,18). The number of H-pyrrole nitrogens is 1. The molecule has 2 aliphatic rings. The second-order valence-electron chi connectivity index (χ2n) is 5.98. The van der Waals surface area contributed by atoms with Gasteiger partial charge in [0, 0.05) is 10.9 Å². The van der Waals surface area contributed by atoms with Crippen molar-refractivity contribution in [3.8, 4) is 0 Å². The van der Waals surface area contributed by atoms with Gasteiger partial charge >= 0.3 is 0 Å². The van der Waals surface area contributed by atoms with Crippen molar-refractivity contribution in [3.63, 3.8) is 0 Å². The number of hydrogen-bond acceptors (Lipinski definition) is 1. The molecule has 2 aromatic rings. The van der Waals surface area contributed by atoms with E-state index in [0.29, 0.717) is 0 Å². The number of nitrogens with zero attached hydrogens (tertiary/aromatic N) is 1. The summed E-state index contributed by atoms with van der Waals surface area (Å²) in [6.45, 7) is 0. The van der Waals surface area contributed by atoms with Crippen LogP contribution >= 0.6 is 15.9 Å². The molecule has 2 fully saturated rings. The summed E-state index contributed by atoms with van der Waals surface area (Å²) in [6.07, 6.45) is 7.00. The number of aromatic nitrogens is 2. The molecule has 0 spiro atoms. The van der Waals surface area contributed by atoms with Gasteiger partial charge in [-0.25, -0.2) is 4.98 Å². The second-order valence-corrected chi connectivity index (χ2v) is 6.90. The summed E-state index contributed by atoms with van der Waals surface area (Å²) >= 11 is 3.51. The maximum atomic E-state index is 4.72. The fraction of sp³-hybridized carbons (Fsp3) is 0.533. The summed E-state index contributed by atoms with van der Waals surface area (Å²) < 4.78 is 1.12. The summed E-state index contributed by atoms with van der Waals surface area (Å²) in [5.41, 5.74) is 2.25. The lowest BCUT2D eigenvalue weighted by atomic mass is 9.86.